The number of hydrogen-bond acceptors (Lipinski definition) is 2. The van der Waals surface area contributed by atoms with E-state index in [-0.39, 0.29) is 0 Å². The molecule has 0 bridgehead atoms. The molecule has 4 nitrogen and oxygen atoms in total. The summed E-state index contributed by atoms with van der Waals surface area (Å²) in [7, 11) is 0. The fraction of sp³-hybridized carbons (Fsp3) is 0.273. The molecule has 0 saturated carbocycles. The smallest absolute Gasteiger partial charge is 0.411 e. The van der Waals surface area contributed by atoms with Crippen molar-refractivity contribution in [2.75, 3.05) is 11.4 Å². The second kappa shape index (κ2) is 5.14. The highest BCUT2D eigenvalue weighted by Gasteiger charge is 2.12. The van der Waals surface area contributed by atoms with Gasteiger partial charge in [0.05, 0.1) is 0 Å². The van der Waals surface area contributed by atoms with Crippen LogP contribution in [0.3, 0.4) is 0 Å². The van der Waals surface area contributed by atoms with Crippen LogP contribution in [0.1, 0.15) is 18.9 Å². The van der Waals surface area contributed by atoms with Gasteiger partial charge in [-0.25, -0.2) is 4.79 Å². The van der Waals surface area contributed by atoms with Gasteiger partial charge in [0, 0.05) is 17.8 Å². The van der Waals surface area contributed by atoms with E-state index >= 15 is 0 Å². The Morgan fingerprint density at radius 1 is 1.53 bits per heavy atom. The van der Waals surface area contributed by atoms with E-state index in [4.69, 9.17) is 5.11 Å². The molecule has 0 aliphatic carbocycles. The highest BCUT2D eigenvalue weighted by atomic mass is 16.4. The summed E-state index contributed by atoms with van der Waals surface area (Å²) in [5, 5.41) is 8.95. The molecule has 1 radical (unpaired) electrons. The first-order valence-corrected chi connectivity index (χ1v) is 4.67. The van der Waals surface area contributed by atoms with Crippen LogP contribution in [-0.2, 0) is 4.79 Å². The van der Waals surface area contributed by atoms with Crippen molar-refractivity contribution in [3.63, 3.8) is 0 Å². The van der Waals surface area contributed by atoms with Crippen molar-refractivity contribution < 1.29 is 14.7 Å². The van der Waals surface area contributed by atoms with E-state index in [0.29, 0.717) is 17.8 Å². The summed E-state index contributed by atoms with van der Waals surface area (Å²) in [6.07, 6.45) is 1.44. The molecular weight excluding hydrogens is 194 g/mol. The normalized spacial score (nSPS) is 9.67. The molecule has 0 unspecified atom stereocenters. The van der Waals surface area contributed by atoms with Crippen LogP contribution in [0.5, 0.6) is 0 Å². The zero-order chi connectivity index (χ0) is 11.3. The van der Waals surface area contributed by atoms with Crippen molar-refractivity contribution in [3.05, 3.63) is 29.8 Å². The number of rotatable bonds is 4. The third-order valence-electron chi connectivity index (χ3n) is 1.95. The van der Waals surface area contributed by atoms with Crippen LogP contribution in [-0.4, -0.2) is 24.0 Å². The van der Waals surface area contributed by atoms with Crippen LogP contribution >= 0.6 is 0 Å². The van der Waals surface area contributed by atoms with Gasteiger partial charge in [0.25, 0.3) is 0 Å². The van der Waals surface area contributed by atoms with E-state index in [1.807, 2.05) is 6.92 Å². The van der Waals surface area contributed by atoms with E-state index < -0.39 is 6.09 Å². The molecular formula is C11H12NO3. The predicted molar refractivity (Wildman–Crippen MR) is 56.9 cm³/mol. The molecule has 79 valence electrons. The SMILES string of the molecule is CCCN(C(=O)O)c1cccc([C]=O)c1. The Bertz CT molecular complexity index is 363. The van der Waals surface area contributed by atoms with Crippen LogP contribution in [0.4, 0.5) is 10.5 Å². The summed E-state index contributed by atoms with van der Waals surface area (Å²) in [5.41, 5.74) is 0.861. The van der Waals surface area contributed by atoms with Gasteiger partial charge in [0.2, 0.25) is 6.29 Å². The first-order chi connectivity index (χ1) is 7.19. The molecule has 0 aliphatic rings. The average Bonchev–Trinajstić information content (AvgIpc) is 2.25. The van der Waals surface area contributed by atoms with Gasteiger partial charge in [-0.05, 0) is 18.6 Å². The Balaban J connectivity index is 2.99. The summed E-state index contributed by atoms with van der Waals surface area (Å²) in [5.74, 6) is 0. The zero-order valence-electron chi connectivity index (χ0n) is 8.43. The largest absolute Gasteiger partial charge is 0.465 e. The lowest BCUT2D eigenvalue weighted by Crippen LogP contribution is -2.29. The Hall–Kier alpha value is -1.84. The fourth-order valence-electron chi connectivity index (χ4n) is 1.30. The number of carboxylic acid groups (broad SMARTS) is 1. The Kier molecular flexibility index (Phi) is 3.85. The minimum atomic E-state index is -1.01. The summed E-state index contributed by atoms with van der Waals surface area (Å²) in [6, 6.07) is 6.39. The predicted octanol–water partition coefficient (Wildman–Crippen LogP) is 2.04. The van der Waals surface area contributed by atoms with Gasteiger partial charge < -0.3 is 5.11 Å². The van der Waals surface area contributed by atoms with E-state index in [9.17, 15) is 9.59 Å². The van der Waals surface area contributed by atoms with E-state index in [2.05, 4.69) is 0 Å². The molecule has 0 atom stereocenters. The number of anilines is 1. The van der Waals surface area contributed by atoms with Crippen molar-refractivity contribution in [1.29, 1.82) is 0 Å². The van der Waals surface area contributed by atoms with Crippen molar-refractivity contribution in [3.8, 4) is 0 Å². The summed E-state index contributed by atoms with van der Waals surface area (Å²) in [4.78, 5) is 22.5. The fourth-order valence-corrected chi connectivity index (χ4v) is 1.30. The molecule has 1 N–H and O–H groups in total. The number of hydrogen-bond donors (Lipinski definition) is 1. The first-order valence-electron chi connectivity index (χ1n) is 4.67. The van der Waals surface area contributed by atoms with E-state index in [1.54, 1.807) is 24.5 Å². The molecule has 4 heteroatoms. The lowest BCUT2D eigenvalue weighted by Gasteiger charge is -2.18. The summed E-state index contributed by atoms with van der Waals surface area (Å²) in [6.45, 7) is 2.31. The minimum absolute atomic E-state index is 0.356. The highest BCUT2D eigenvalue weighted by molar-refractivity contribution is 5.88. The minimum Gasteiger partial charge on any atom is -0.465 e. The highest BCUT2D eigenvalue weighted by Crippen LogP contribution is 2.15. The molecule has 0 heterocycles. The number of nitrogens with zero attached hydrogens (tertiary/aromatic N) is 1. The zero-order valence-corrected chi connectivity index (χ0v) is 8.43. The second-order valence-electron chi connectivity index (χ2n) is 3.09. The monoisotopic (exact) mass is 206 g/mol. The third-order valence-corrected chi connectivity index (χ3v) is 1.95. The van der Waals surface area contributed by atoms with Gasteiger partial charge >= 0.3 is 6.09 Å². The Morgan fingerprint density at radius 2 is 2.27 bits per heavy atom. The van der Waals surface area contributed by atoms with Crippen molar-refractivity contribution in [2.24, 2.45) is 0 Å². The summed E-state index contributed by atoms with van der Waals surface area (Å²) >= 11 is 0. The molecule has 1 aromatic rings. The number of carbonyl (C=O) groups excluding carboxylic acids is 1. The van der Waals surface area contributed by atoms with Gasteiger partial charge in [0.15, 0.2) is 0 Å². The summed E-state index contributed by atoms with van der Waals surface area (Å²) < 4.78 is 0. The van der Waals surface area contributed by atoms with Crippen LogP contribution in [0.25, 0.3) is 0 Å². The van der Waals surface area contributed by atoms with Gasteiger partial charge in [-0.15, -0.1) is 0 Å². The molecule has 0 aromatic heterocycles. The Labute approximate surface area is 88.1 Å². The van der Waals surface area contributed by atoms with Gasteiger partial charge in [-0.1, -0.05) is 19.1 Å². The third kappa shape index (κ3) is 2.80. The maximum absolute atomic E-state index is 10.9. The van der Waals surface area contributed by atoms with Crippen molar-refractivity contribution >= 4 is 18.1 Å². The first kappa shape index (κ1) is 11.2. The van der Waals surface area contributed by atoms with Crippen LogP contribution in [0.2, 0.25) is 0 Å². The lowest BCUT2D eigenvalue weighted by atomic mass is 10.2. The van der Waals surface area contributed by atoms with Crippen molar-refractivity contribution in [1.82, 2.24) is 0 Å². The molecule has 0 saturated heterocycles. The van der Waals surface area contributed by atoms with Gasteiger partial charge in [0.1, 0.15) is 0 Å². The number of carbonyl (C=O) groups is 1. The maximum Gasteiger partial charge on any atom is 0.411 e. The molecule has 1 amide bonds. The van der Waals surface area contributed by atoms with E-state index in [0.717, 1.165) is 6.42 Å². The molecule has 1 aromatic carbocycles. The van der Waals surface area contributed by atoms with Crippen molar-refractivity contribution in [2.45, 2.75) is 13.3 Å². The molecule has 1 rings (SSSR count). The topological polar surface area (TPSA) is 57.6 Å². The molecule has 0 spiro atoms. The average molecular weight is 206 g/mol. The standard InChI is InChI=1S/C11H12NO3/c1-2-6-12(11(14)15)10-5-3-4-9(7-10)8-13/h3-5,7H,2,6H2,1H3,(H,14,15). The molecule has 0 aliphatic heterocycles. The molecule has 15 heavy (non-hydrogen) atoms. The van der Waals surface area contributed by atoms with Gasteiger partial charge in [-0.2, -0.15) is 0 Å². The van der Waals surface area contributed by atoms with E-state index in [1.165, 1.54) is 11.0 Å². The quantitative estimate of drug-likeness (QED) is 0.820. The lowest BCUT2D eigenvalue weighted by molar-refractivity contribution is 0.202. The Morgan fingerprint density at radius 3 is 2.80 bits per heavy atom. The van der Waals surface area contributed by atoms with Crippen LogP contribution < -0.4 is 4.90 Å². The second-order valence-corrected chi connectivity index (χ2v) is 3.09. The number of amides is 1. The molecule has 0 fully saturated rings. The number of benzene rings is 1. The van der Waals surface area contributed by atoms with Crippen LogP contribution in [0, 0.1) is 0 Å². The van der Waals surface area contributed by atoms with Gasteiger partial charge in [-0.3, -0.25) is 9.69 Å². The van der Waals surface area contributed by atoms with Crippen LogP contribution in [0.15, 0.2) is 24.3 Å². The maximum atomic E-state index is 10.9.